The van der Waals surface area contributed by atoms with E-state index in [-0.39, 0.29) is 0 Å². The fourth-order valence-electron chi connectivity index (χ4n) is 3.66. The molecule has 5 heterocycles. The van der Waals surface area contributed by atoms with Gasteiger partial charge in [-0.2, -0.15) is 0 Å². The molecule has 5 rings (SSSR count). The van der Waals surface area contributed by atoms with Crippen LogP contribution in [0.2, 0.25) is 0 Å². The van der Waals surface area contributed by atoms with Crippen LogP contribution >= 0.6 is 0 Å². The molecule has 0 unspecified atom stereocenters. The van der Waals surface area contributed by atoms with Gasteiger partial charge in [0.05, 0.1) is 13.2 Å². The predicted octanol–water partition coefficient (Wildman–Crippen LogP) is 3.36. The lowest BCUT2D eigenvalue weighted by Crippen LogP contribution is -2.37. The SMILES string of the molecule is CC.Cc1ncc(C)c(-c2nc(N3CCOCC3)c3nc(-c4ccncc4)n(C)c3n2)n1. The summed E-state index contributed by atoms with van der Waals surface area (Å²) in [6, 6.07) is 3.89. The lowest BCUT2D eigenvalue weighted by atomic mass is 10.2. The Bertz CT molecular complexity index is 1220. The standard InChI is InChI=1S/C21H22N8O.C2H6/c1-13-12-23-14(2)24-16(13)18-26-20-17(21(27-18)29-8-10-30-11-9-29)25-19(28(20)3)15-4-6-22-7-5-15;1-2/h4-7,12H,8-11H2,1-3H3;1-2H3. The summed E-state index contributed by atoms with van der Waals surface area (Å²) in [5, 5.41) is 0. The summed E-state index contributed by atoms with van der Waals surface area (Å²) < 4.78 is 7.55. The average molecular weight is 433 g/mol. The molecule has 0 atom stereocenters. The van der Waals surface area contributed by atoms with E-state index in [1.54, 1.807) is 12.4 Å². The summed E-state index contributed by atoms with van der Waals surface area (Å²) >= 11 is 0. The molecule has 0 saturated carbocycles. The summed E-state index contributed by atoms with van der Waals surface area (Å²) in [6.07, 6.45) is 5.34. The van der Waals surface area contributed by atoms with Crippen molar-refractivity contribution in [3.63, 3.8) is 0 Å². The highest BCUT2D eigenvalue weighted by Gasteiger charge is 2.23. The van der Waals surface area contributed by atoms with Crippen LogP contribution in [0.4, 0.5) is 5.82 Å². The first-order chi connectivity index (χ1) is 15.6. The van der Waals surface area contributed by atoms with Crippen molar-refractivity contribution >= 4 is 17.0 Å². The first-order valence-electron chi connectivity index (χ1n) is 10.9. The number of anilines is 1. The molecule has 0 aromatic carbocycles. The van der Waals surface area contributed by atoms with E-state index >= 15 is 0 Å². The van der Waals surface area contributed by atoms with Gasteiger partial charge < -0.3 is 14.2 Å². The number of nitrogens with zero attached hydrogens (tertiary/aromatic N) is 8. The number of imidazole rings is 1. The van der Waals surface area contributed by atoms with Crippen LogP contribution in [0, 0.1) is 13.8 Å². The van der Waals surface area contributed by atoms with E-state index in [2.05, 4.69) is 19.9 Å². The third-order valence-corrected chi connectivity index (χ3v) is 5.25. The zero-order valence-corrected chi connectivity index (χ0v) is 19.2. The van der Waals surface area contributed by atoms with Gasteiger partial charge in [-0.25, -0.2) is 24.9 Å². The fourth-order valence-corrected chi connectivity index (χ4v) is 3.66. The van der Waals surface area contributed by atoms with Gasteiger partial charge in [-0.1, -0.05) is 13.8 Å². The molecule has 1 aliphatic rings. The van der Waals surface area contributed by atoms with Crippen molar-refractivity contribution in [3.05, 3.63) is 42.1 Å². The van der Waals surface area contributed by atoms with E-state index in [1.807, 2.05) is 57.6 Å². The highest BCUT2D eigenvalue weighted by Crippen LogP contribution is 2.31. The Morgan fingerprint density at radius 1 is 0.938 bits per heavy atom. The number of aromatic nitrogens is 7. The Morgan fingerprint density at radius 2 is 1.66 bits per heavy atom. The Kier molecular flexibility index (Phi) is 6.36. The minimum atomic E-state index is 0.580. The normalized spacial score (nSPS) is 13.7. The van der Waals surface area contributed by atoms with Crippen molar-refractivity contribution in [2.24, 2.45) is 7.05 Å². The van der Waals surface area contributed by atoms with E-state index in [0.29, 0.717) is 24.9 Å². The minimum Gasteiger partial charge on any atom is -0.378 e. The smallest absolute Gasteiger partial charge is 0.182 e. The predicted molar refractivity (Wildman–Crippen MR) is 124 cm³/mol. The number of hydrogen-bond donors (Lipinski definition) is 0. The Balaban J connectivity index is 0.00000119. The maximum absolute atomic E-state index is 5.54. The van der Waals surface area contributed by atoms with Gasteiger partial charge in [-0.3, -0.25) is 4.98 Å². The van der Waals surface area contributed by atoms with Crippen LogP contribution in [0.5, 0.6) is 0 Å². The first-order valence-corrected chi connectivity index (χ1v) is 10.9. The molecule has 0 aliphatic carbocycles. The topological polar surface area (TPSA) is 94.7 Å². The summed E-state index contributed by atoms with van der Waals surface area (Å²) in [5.41, 5.74) is 4.20. The molecule has 4 aromatic rings. The maximum Gasteiger partial charge on any atom is 0.182 e. The van der Waals surface area contributed by atoms with Crippen molar-refractivity contribution in [1.29, 1.82) is 0 Å². The van der Waals surface area contributed by atoms with Crippen LogP contribution in [-0.4, -0.2) is 60.8 Å². The molecule has 0 spiro atoms. The third-order valence-electron chi connectivity index (χ3n) is 5.25. The van der Waals surface area contributed by atoms with Gasteiger partial charge in [0.25, 0.3) is 0 Å². The summed E-state index contributed by atoms with van der Waals surface area (Å²) in [4.78, 5) is 30.0. The van der Waals surface area contributed by atoms with Gasteiger partial charge in [0.15, 0.2) is 22.8 Å². The quantitative estimate of drug-likeness (QED) is 0.486. The third kappa shape index (κ3) is 4.03. The molecular weight excluding hydrogens is 404 g/mol. The van der Waals surface area contributed by atoms with E-state index in [1.165, 1.54) is 0 Å². The first kappa shape index (κ1) is 21.8. The minimum absolute atomic E-state index is 0.580. The molecule has 9 heteroatoms. The molecule has 0 radical (unpaired) electrons. The number of fused-ring (bicyclic) bond motifs is 1. The number of ether oxygens (including phenoxy) is 1. The van der Waals surface area contributed by atoms with Crippen LogP contribution < -0.4 is 4.90 Å². The van der Waals surface area contributed by atoms with Crippen LogP contribution in [-0.2, 0) is 11.8 Å². The average Bonchev–Trinajstić information content (AvgIpc) is 3.19. The van der Waals surface area contributed by atoms with Gasteiger partial charge in [-0.15, -0.1) is 0 Å². The van der Waals surface area contributed by atoms with Crippen LogP contribution in [0.3, 0.4) is 0 Å². The largest absolute Gasteiger partial charge is 0.378 e. The van der Waals surface area contributed by atoms with Crippen molar-refractivity contribution in [2.45, 2.75) is 27.7 Å². The number of rotatable bonds is 3. The molecule has 32 heavy (non-hydrogen) atoms. The van der Waals surface area contributed by atoms with Crippen molar-refractivity contribution in [2.75, 3.05) is 31.2 Å². The molecule has 0 N–H and O–H groups in total. The molecule has 9 nitrogen and oxygen atoms in total. The zero-order chi connectivity index (χ0) is 22.7. The molecule has 4 aromatic heterocycles. The molecule has 0 amide bonds. The highest BCUT2D eigenvalue weighted by molar-refractivity contribution is 5.88. The van der Waals surface area contributed by atoms with Gasteiger partial charge in [0.2, 0.25) is 0 Å². The fraction of sp³-hybridized carbons (Fsp3) is 0.391. The van der Waals surface area contributed by atoms with Crippen LogP contribution in [0.25, 0.3) is 34.1 Å². The van der Waals surface area contributed by atoms with E-state index in [9.17, 15) is 0 Å². The number of morpholine rings is 1. The van der Waals surface area contributed by atoms with Gasteiger partial charge in [0, 0.05) is 44.3 Å². The lowest BCUT2D eigenvalue weighted by Gasteiger charge is -2.28. The van der Waals surface area contributed by atoms with Gasteiger partial charge in [-0.05, 0) is 31.5 Å². The molecular formula is C23H28N8O. The van der Waals surface area contributed by atoms with Crippen LogP contribution in [0.1, 0.15) is 25.2 Å². The summed E-state index contributed by atoms with van der Waals surface area (Å²) in [6.45, 7) is 10.7. The Labute approximate surface area is 187 Å². The van der Waals surface area contributed by atoms with Crippen LogP contribution in [0.15, 0.2) is 30.7 Å². The van der Waals surface area contributed by atoms with Crippen molar-refractivity contribution < 1.29 is 4.74 Å². The number of pyridine rings is 1. The van der Waals surface area contributed by atoms with E-state index in [4.69, 9.17) is 19.7 Å². The molecule has 166 valence electrons. The second-order valence-corrected chi connectivity index (χ2v) is 7.32. The molecule has 1 fully saturated rings. The zero-order valence-electron chi connectivity index (χ0n) is 19.2. The van der Waals surface area contributed by atoms with E-state index in [0.717, 1.165) is 52.7 Å². The van der Waals surface area contributed by atoms with Gasteiger partial charge >= 0.3 is 0 Å². The van der Waals surface area contributed by atoms with Crippen molar-refractivity contribution in [3.8, 4) is 22.9 Å². The second-order valence-electron chi connectivity index (χ2n) is 7.32. The second kappa shape index (κ2) is 9.35. The van der Waals surface area contributed by atoms with E-state index < -0.39 is 0 Å². The van der Waals surface area contributed by atoms with Gasteiger partial charge in [0.1, 0.15) is 17.3 Å². The number of hydrogen-bond acceptors (Lipinski definition) is 8. The molecule has 0 bridgehead atoms. The highest BCUT2D eigenvalue weighted by atomic mass is 16.5. The molecule has 1 saturated heterocycles. The Hall–Kier alpha value is -3.46. The molecule has 1 aliphatic heterocycles. The Morgan fingerprint density at radius 3 is 2.38 bits per heavy atom. The lowest BCUT2D eigenvalue weighted by molar-refractivity contribution is 0.122. The number of aryl methyl sites for hydroxylation is 3. The summed E-state index contributed by atoms with van der Waals surface area (Å²) in [7, 11) is 1.98. The van der Waals surface area contributed by atoms with Crippen molar-refractivity contribution in [1.82, 2.24) is 34.5 Å². The monoisotopic (exact) mass is 432 g/mol. The summed E-state index contributed by atoms with van der Waals surface area (Å²) in [5.74, 6) is 2.90. The maximum atomic E-state index is 5.54.